The number of carbonyl (C=O) groups is 2. The van der Waals surface area contributed by atoms with Crippen molar-refractivity contribution in [1.29, 1.82) is 0 Å². The van der Waals surface area contributed by atoms with Crippen LogP contribution < -0.4 is 24.8 Å². The maximum absolute atomic E-state index is 12.6. The van der Waals surface area contributed by atoms with E-state index in [1.165, 1.54) is 38.1 Å². The maximum Gasteiger partial charge on any atom is 0.241 e. The van der Waals surface area contributed by atoms with Crippen molar-refractivity contribution in [3.8, 4) is 11.5 Å². The Bertz CT molecular complexity index is 1110. The Kier molecular flexibility index (Phi) is 6.75. The molecule has 9 nitrogen and oxygen atoms in total. The zero-order valence-corrected chi connectivity index (χ0v) is 19.2. The molecule has 0 spiro atoms. The summed E-state index contributed by atoms with van der Waals surface area (Å²) in [6.07, 6.45) is 0. The lowest BCUT2D eigenvalue weighted by Gasteiger charge is -2.27. The summed E-state index contributed by atoms with van der Waals surface area (Å²) in [4.78, 5) is 23.6. The summed E-state index contributed by atoms with van der Waals surface area (Å²) in [7, 11) is -3.92. The number of rotatable bonds is 8. The number of carbonyl (C=O) groups excluding carboxylic acids is 2. The molecule has 0 radical (unpaired) electrons. The fourth-order valence-corrected chi connectivity index (χ4v) is 4.36. The number of ether oxygens (including phenoxy) is 2. The molecular formula is C22H27N3O6S. The predicted molar refractivity (Wildman–Crippen MR) is 119 cm³/mol. The van der Waals surface area contributed by atoms with Gasteiger partial charge in [-0.2, -0.15) is 4.72 Å². The second kappa shape index (κ2) is 9.17. The number of hydrogen-bond acceptors (Lipinski definition) is 6. The Hall–Kier alpha value is -3.11. The summed E-state index contributed by atoms with van der Waals surface area (Å²) in [5.41, 5.74) is 1.01. The molecule has 1 aliphatic rings. The van der Waals surface area contributed by atoms with E-state index in [2.05, 4.69) is 15.4 Å². The van der Waals surface area contributed by atoms with Crippen molar-refractivity contribution < 1.29 is 27.5 Å². The van der Waals surface area contributed by atoms with Crippen LogP contribution in [0.4, 0.5) is 5.69 Å². The van der Waals surface area contributed by atoms with Crippen molar-refractivity contribution >= 4 is 27.5 Å². The quantitative estimate of drug-likeness (QED) is 0.554. The molecule has 0 aromatic heterocycles. The van der Waals surface area contributed by atoms with E-state index >= 15 is 0 Å². The number of anilines is 1. The molecule has 10 heteroatoms. The maximum atomic E-state index is 12.6. The third-order valence-electron chi connectivity index (χ3n) is 5.07. The molecular weight excluding hydrogens is 434 g/mol. The monoisotopic (exact) mass is 461 g/mol. The van der Waals surface area contributed by atoms with Crippen molar-refractivity contribution in [3.05, 3.63) is 48.0 Å². The van der Waals surface area contributed by atoms with Gasteiger partial charge >= 0.3 is 0 Å². The predicted octanol–water partition coefficient (Wildman–Crippen LogP) is 2.13. The molecule has 3 N–H and O–H groups in total. The number of benzene rings is 2. The lowest BCUT2D eigenvalue weighted by Crippen LogP contribution is -2.47. The van der Waals surface area contributed by atoms with Crippen LogP contribution in [-0.4, -0.2) is 39.6 Å². The molecule has 0 saturated carbocycles. The van der Waals surface area contributed by atoms with Crippen LogP contribution in [0, 0.1) is 0 Å². The standard InChI is InChI=1S/C22H27N3O6S/c1-14(25-32(28,29)18-8-6-17(7-9-18)24-15(2)26)21(27)23-12-22(3,4)16-5-10-19-20(11-16)31-13-30-19/h5-11,14,25H,12-13H2,1-4H3,(H,23,27)(H,24,26)/t14-/m0/s1. The molecule has 0 bridgehead atoms. The van der Waals surface area contributed by atoms with E-state index in [4.69, 9.17) is 9.47 Å². The van der Waals surface area contributed by atoms with E-state index in [9.17, 15) is 18.0 Å². The molecule has 1 heterocycles. The Balaban J connectivity index is 1.59. The molecule has 0 saturated heterocycles. The van der Waals surface area contributed by atoms with Gasteiger partial charge in [0.1, 0.15) is 0 Å². The second-order valence-corrected chi connectivity index (χ2v) is 9.93. The Morgan fingerprint density at radius 1 is 1.06 bits per heavy atom. The molecule has 2 aromatic carbocycles. The molecule has 0 aliphatic carbocycles. The van der Waals surface area contributed by atoms with Crippen molar-refractivity contribution in [3.63, 3.8) is 0 Å². The minimum absolute atomic E-state index is 0.00746. The van der Waals surface area contributed by atoms with Gasteiger partial charge in [0.25, 0.3) is 0 Å². The average molecular weight is 462 g/mol. The summed E-state index contributed by atoms with van der Waals surface area (Å²) in [5.74, 6) is 0.638. The third-order valence-corrected chi connectivity index (χ3v) is 6.63. The van der Waals surface area contributed by atoms with Crippen LogP contribution >= 0.6 is 0 Å². The summed E-state index contributed by atoms with van der Waals surface area (Å²) in [6.45, 7) is 7.26. The van der Waals surface area contributed by atoms with Crippen molar-refractivity contribution in [1.82, 2.24) is 10.0 Å². The van der Waals surface area contributed by atoms with Gasteiger partial charge in [-0.25, -0.2) is 8.42 Å². The molecule has 172 valence electrons. The van der Waals surface area contributed by atoms with Gasteiger partial charge < -0.3 is 20.1 Å². The van der Waals surface area contributed by atoms with Crippen LogP contribution in [0.25, 0.3) is 0 Å². The molecule has 2 aromatic rings. The average Bonchev–Trinajstić information content (AvgIpc) is 3.19. The van der Waals surface area contributed by atoms with Crippen LogP contribution in [0.3, 0.4) is 0 Å². The van der Waals surface area contributed by atoms with Gasteiger partial charge in [-0.15, -0.1) is 0 Å². The minimum Gasteiger partial charge on any atom is -0.454 e. The van der Waals surface area contributed by atoms with Gasteiger partial charge in [0.2, 0.25) is 28.6 Å². The van der Waals surface area contributed by atoms with Crippen molar-refractivity contribution in [2.24, 2.45) is 0 Å². The van der Waals surface area contributed by atoms with E-state index in [0.717, 1.165) is 5.56 Å². The number of nitrogens with one attached hydrogen (secondary N) is 3. The minimum atomic E-state index is -3.92. The van der Waals surface area contributed by atoms with Gasteiger partial charge in [-0.1, -0.05) is 19.9 Å². The summed E-state index contributed by atoms with van der Waals surface area (Å²) in [5, 5.41) is 5.38. The van der Waals surface area contributed by atoms with Crippen LogP contribution in [-0.2, 0) is 25.0 Å². The fourth-order valence-electron chi connectivity index (χ4n) is 3.16. The first-order valence-corrected chi connectivity index (χ1v) is 11.5. The Labute approximate surface area is 187 Å². The van der Waals surface area contributed by atoms with Crippen LogP contribution in [0.1, 0.15) is 33.3 Å². The van der Waals surface area contributed by atoms with E-state index in [1.807, 2.05) is 32.0 Å². The molecule has 3 rings (SSSR count). The van der Waals surface area contributed by atoms with Crippen molar-refractivity contribution in [2.45, 2.75) is 44.0 Å². The zero-order chi connectivity index (χ0) is 23.5. The third kappa shape index (κ3) is 5.57. The van der Waals surface area contributed by atoms with Crippen LogP contribution in [0.5, 0.6) is 11.5 Å². The molecule has 1 atom stereocenters. The fraction of sp³-hybridized carbons (Fsp3) is 0.364. The molecule has 32 heavy (non-hydrogen) atoms. The van der Waals surface area contributed by atoms with E-state index in [1.54, 1.807) is 0 Å². The van der Waals surface area contributed by atoms with Gasteiger partial charge in [0.15, 0.2) is 11.5 Å². The number of sulfonamides is 1. The first-order chi connectivity index (χ1) is 15.0. The van der Waals surface area contributed by atoms with Crippen molar-refractivity contribution in [2.75, 3.05) is 18.7 Å². The van der Waals surface area contributed by atoms with Crippen LogP contribution in [0.2, 0.25) is 0 Å². The highest BCUT2D eigenvalue weighted by Gasteiger charge is 2.27. The first-order valence-electron chi connectivity index (χ1n) is 10.1. The van der Waals surface area contributed by atoms with E-state index in [-0.39, 0.29) is 17.6 Å². The summed E-state index contributed by atoms with van der Waals surface area (Å²) >= 11 is 0. The van der Waals surface area contributed by atoms with Gasteiger partial charge in [0, 0.05) is 24.6 Å². The highest BCUT2D eigenvalue weighted by Crippen LogP contribution is 2.36. The highest BCUT2D eigenvalue weighted by molar-refractivity contribution is 7.89. The number of amides is 2. The number of hydrogen-bond donors (Lipinski definition) is 3. The van der Waals surface area contributed by atoms with Gasteiger partial charge in [0.05, 0.1) is 10.9 Å². The summed E-state index contributed by atoms with van der Waals surface area (Å²) < 4.78 is 38.3. The lowest BCUT2D eigenvalue weighted by molar-refractivity contribution is -0.122. The summed E-state index contributed by atoms with van der Waals surface area (Å²) in [6, 6.07) is 10.3. The lowest BCUT2D eigenvalue weighted by atomic mass is 9.84. The molecule has 0 fully saturated rings. The van der Waals surface area contributed by atoms with Crippen LogP contribution in [0.15, 0.2) is 47.4 Å². The first kappa shape index (κ1) is 23.6. The Morgan fingerprint density at radius 2 is 1.72 bits per heavy atom. The number of fused-ring (bicyclic) bond motifs is 1. The zero-order valence-electron chi connectivity index (χ0n) is 18.4. The second-order valence-electron chi connectivity index (χ2n) is 8.22. The molecule has 1 aliphatic heterocycles. The van der Waals surface area contributed by atoms with E-state index < -0.39 is 27.4 Å². The normalized spacial score (nSPS) is 14.0. The molecule has 0 unspecified atom stereocenters. The van der Waals surface area contributed by atoms with Gasteiger partial charge in [-0.05, 0) is 48.9 Å². The Morgan fingerprint density at radius 3 is 2.38 bits per heavy atom. The largest absolute Gasteiger partial charge is 0.454 e. The smallest absolute Gasteiger partial charge is 0.241 e. The SMILES string of the molecule is CC(=O)Nc1ccc(S(=O)(=O)N[C@@H](C)C(=O)NCC(C)(C)c2ccc3c(c2)OCO3)cc1. The molecule has 2 amide bonds. The topological polar surface area (TPSA) is 123 Å². The highest BCUT2D eigenvalue weighted by atomic mass is 32.2. The van der Waals surface area contributed by atoms with E-state index in [0.29, 0.717) is 23.7 Å². The van der Waals surface area contributed by atoms with Gasteiger partial charge in [-0.3, -0.25) is 9.59 Å².